The summed E-state index contributed by atoms with van der Waals surface area (Å²) in [6.07, 6.45) is 9.11. The van der Waals surface area contributed by atoms with Crippen LogP contribution in [0, 0.1) is 5.92 Å². The van der Waals surface area contributed by atoms with Crippen LogP contribution in [0.3, 0.4) is 0 Å². The van der Waals surface area contributed by atoms with Crippen molar-refractivity contribution < 1.29 is 5.11 Å². The van der Waals surface area contributed by atoms with Crippen LogP contribution >= 0.6 is 0 Å². The van der Waals surface area contributed by atoms with Gasteiger partial charge in [0, 0.05) is 50.5 Å². The van der Waals surface area contributed by atoms with Crippen molar-refractivity contribution in [3.8, 4) is 11.3 Å². The summed E-state index contributed by atoms with van der Waals surface area (Å²) >= 11 is 0. The largest absolute Gasteiger partial charge is 0.393 e. The van der Waals surface area contributed by atoms with Crippen molar-refractivity contribution in [2.45, 2.75) is 76.6 Å². The van der Waals surface area contributed by atoms with Gasteiger partial charge in [-0.2, -0.15) is 10.1 Å². The lowest BCUT2D eigenvalue weighted by molar-refractivity contribution is 0.109. The number of fused-ring (bicyclic) bond motifs is 1. The van der Waals surface area contributed by atoms with E-state index < -0.39 is 0 Å². The van der Waals surface area contributed by atoms with Crippen LogP contribution in [-0.4, -0.2) is 80.0 Å². The summed E-state index contributed by atoms with van der Waals surface area (Å²) in [5.41, 5.74) is 4.29. The number of likely N-dealkylation sites (N-methyl/N-ethyl adjacent to an activating group) is 1. The number of benzene rings is 1. The summed E-state index contributed by atoms with van der Waals surface area (Å²) < 4.78 is 2.12. The van der Waals surface area contributed by atoms with Crippen molar-refractivity contribution in [2.24, 2.45) is 5.92 Å². The molecule has 0 bridgehead atoms. The van der Waals surface area contributed by atoms with E-state index in [2.05, 4.69) is 58.0 Å². The fourth-order valence-corrected chi connectivity index (χ4v) is 5.93. The molecule has 8 heteroatoms. The number of aliphatic hydroxyl groups excluding tert-OH is 1. The zero-order valence-corrected chi connectivity index (χ0v) is 22.3. The minimum absolute atomic E-state index is 0.194. The SMILES string of the molecule is C[C@H](CC1CC1)Nc1ncc2c(-c3ccc(CN4CCN(C)CC4)cc3)nn([C@H]3CC[C@H](O)CC3)c2n1. The molecule has 1 saturated heterocycles. The lowest BCUT2D eigenvalue weighted by Crippen LogP contribution is -2.43. The first-order valence-corrected chi connectivity index (χ1v) is 14.2. The summed E-state index contributed by atoms with van der Waals surface area (Å²) in [5.74, 6) is 1.54. The minimum Gasteiger partial charge on any atom is -0.393 e. The first-order valence-electron chi connectivity index (χ1n) is 14.2. The minimum atomic E-state index is -0.194. The second-order valence-electron chi connectivity index (χ2n) is 11.7. The molecule has 8 nitrogen and oxygen atoms in total. The second-order valence-corrected chi connectivity index (χ2v) is 11.7. The summed E-state index contributed by atoms with van der Waals surface area (Å²) in [5, 5.41) is 19.7. The van der Waals surface area contributed by atoms with Crippen LogP contribution in [-0.2, 0) is 6.54 Å². The highest BCUT2D eigenvalue weighted by atomic mass is 16.3. The maximum atomic E-state index is 10.1. The predicted molar refractivity (Wildman–Crippen MR) is 147 cm³/mol. The summed E-state index contributed by atoms with van der Waals surface area (Å²) in [4.78, 5) is 14.6. The Morgan fingerprint density at radius 1 is 1.00 bits per heavy atom. The number of anilines is 1. The van der Waals surface area contributed by atoms with Gasteiger partial charge in [0.1, 0.15) is 5.69 Å². The highest BCUT2D eigenvalue weighted by molar-refractivity contribution is 5.91. The number of aromatic nitrogens is 4. The van der Waals surface area contributed by atoms with Gasteiger partial charge in [0.15, 0.2) is 5.65 Å². The molecule has 3 heterocycles. The van der Waals surface area contributed by atoms with Gasteiger partial charge in [0.25, 0.3) is 0 Å². The number of aliphatic hydroxyl groups is 1. The van der Waals surface area contributed by atoms with E-state index in [1.807, 2.05) is 6.20 Å². The number of nitrogens with zero attached hydrogens (tertiary/aromatic N) is 6. The monoisotopic (exact) mass is 503 g/mol. The van der Waals surface area contributed by atoms with Crippen molar-refractivity contribution in [3.05, 3.63) is 36.0 Å². The van der Waals surface area contributed by atoms with E-state index in [4.69, 9.17) is 15.1 Å². The average Bonchev–Trinajstić information content (AvgIpc) is 3.64. The number of piperazine rings is 1. The molecule has 1 atom stereocenters. The number of rotatable bonds is 8. The maximum Gasteiger partial charge on any atom is 0.224 e. The van der Waals surface area contributed by atoms with E-state index in [-0.39, 0.29) is 12.1 Å². The third kappa shape index (κ3) is 5.81. The Balaban J connectivity index is 1.27. The van der Waals surface area contributed by atoms with Crippen molar-refractivity contribution in [1.29, 1.82) is 0 Å². The molecule has 0 unspecified atom stereocenters. The quantitative estimate of drug-likeness (QED) is 0.474. The molecule has 2 aliphatic carbocycles. The molecule has 3 aromatic rings. The molecular weight excluding hydrogens is 462 g/mol. The van der Waals surface area contributed by atoms with Crippen LogP contribution in [0.5, 0.6) is 0 Å². The molecule has 37 heavy (non-hydrogen) atoms. The molecule has 3 fully saturated rings. The molecule has 2 saturated carbocycles. The second kappa shape index (κ2) is 10.7. The fraction of sp³-hybridized carbons (Fsp3) is 0.621. The van der Waals surface area contributed by atoms with Crippen LogP contribution in [0.2, 0.25) is 0 Å². The molecule has 0 amide bonds. The molecule has 0 spiro atoms. The number of nitrogens with one attached hydrogen (secondary N) is 1. The van der Waals surface area contributed by atoms with Gasteiger partial charge in [-0.3, -0.25) is 4.90 Å². The highest BCUT2D eigenvalue weighted by Crippen LogP contribution is 2.36. The van der Waals surface area contributed by atoms with Gasteiger partial charge in [-0.25, -0.2) is 9.67 Å². The molecule has 2 aromatic heterocycles. The molecule has 0 radical (unpaired) electrons. The van der Waals surface area contributed by atoms with Crippen LogP contribution in [0.4, 0.5) is 5.95 Å². The molecule has 2 N–H and O–H groups in total. The third-order valence-electron chi connectivity index (χ3n) is 8.45. The Bertz CT molecular complexity index is 1190. The standard InChI is InChI=1S/C29H41N7O/c1-20(17-21-3-4-21)31-29-30-18-26-27(33-36(28(26)32-29)24-9-11-25(37)12-10-24)23-7-5-22(6-8-23)19-35-15-13-34(2)14-16-35/h5-8,18,20-21,24-25,37H,3-4,9-17,19H2,1-2H3,(H,30,31,32)/t20-,24-,25-/m1/s1. The normalized spacial score (nSPS) is 24.4. The van der Waals surface area contributed by atoms with Gasteiger partial charge in [-0.05, 0) is 57.6 Å². The first kappa shape index (κ1) is 24.8. The average molecular weight is 504 g/mol. The van der Waals surface area contributed by atoms with Gasteiger partial charge < -0.3 is 15.3 Å². The lowest BCUT2D eigenvalue weighted by Gasteiger charge is -2.32. The molecule has 1 aromatic carbocycles. The van der Waals surface area contributed by atoms with E-state index in [9.17, 15) is 5.11 Å². The van der Waals surface area contributed by atoms with Gasteiger partial charge in [-0.15, -0.1) is 0 Å². The van der Waals surface area contributed by atoms with Gasteiger partial charge in [0.2, 0.25) is 5.95 Å². The highest BCUT2D eigenvalue weighted by Gasteiger charge is 2.27. The zero-order valence-electron chi connectivity index (χ0n) is 22.3. The summed E-state index contributed by atoms with van der Waals surface area (Å²) in [6, 6.07) is 9.50. The molecular formula is C29H41N7O. The van der Waals surface area contributed by atoms with E-state index in [0.29, 0.717) is 12.0 Å². The van der Waals surface area contributed by atoms with Crippen molar-refractivity contribution in [2.75, 3.05) is 38.5 Å². The smallest absolute Gasteiger partial charge is 0.224 e. The van der Waals surface area contributed by atoms with E-state index >= 15 is 0 Å². The van der Waals surface area contributed by atoms with Gasteiger partial charge in [0.05, 0.1) is 17.5 Å². The zero-order chi connectivity index (χ0) is 25.4. The van der Waals surface area contributed by atoms with Crippen LogP contribution < -0.4 is 5.32 Å². The topological polar surface area (TPSA) is 82.3 Å². The fourth-order valence-electron chi connectivity index (χ4n) is 5.93. The molecule has 198 valence electrons. The van der Waals surface area contributed by atoms with E-state index in [1.54, 1.807) is 0 Å². The Kier molecular flexibility index (Phi) is 7.14. The van der Waals surface area contributed by atoms with Gasteiger partial charge in [-0.1, -0.05) is 37.1 Å². The first-order chi connectivity index (χ1) is 18.0. The van der Waals surface area contributed by atoms with Crippen LogP contribution in [0.1, 0.15) is 63.5 Å². The van der Waals surface area contributed by atoms with Crippen molar-refractivity contribution in [1.82, 2.24) is 29.5 Å². The molecule has 6 rings (SSSR count). The van der Waals surface area contributed by atoms with E-state index in [0.717, 1.165) is 86.6 Å². The summed E-state index contributed by atoms with van der Waals surface area (Å²) in [6.45, 7) is 7.73. The number of hydrogen-bond donors (Lipinski definition) is 2. The molecule has 3 aliphatic rings. The Labute approximate surface area is 220 Å². The van der Waals surface area contributed by atoms with Gasteiger partial charge >= 0.3 is 0 Å². The van der Waals surface area contributed by atoms with Crippen molar-refractivity contribution in [3.63, 3.8) is 0 Å². The maximum absolute atomic E-state index is 10.1. The molecule has 1 aliphatic heterocycles. The summed E-state index contributed by atoms with van der Waals surface area (Å²) in [7, 11) is 2.20. The number of hydrogen-bond acceptors (Lipinski definition) is 7. The van der Waals surface area contributed by atoms with Crippen LogP contribution in [0.25, 0.3) is 22.3 Å². The predicted octanol–water partition coefficient (Wildman–Crippen LogP) is 4.32. The lowest BCUT2D eigenvalue weighted by atomic mass is 9.93. The van der Waals surface area contributed by atoms with Crippen molar-refractivity contribution >= 4 is 17.0 Å². The Morgan fingerprint density at radius 2 is 1.73 bits per heavy atom. The third-order valence-corrected chi connectivity index (χ3v) is 8.45. The van der Waals surface area contributed by atoms with E-state index in [1.165, 1.54) is 24.8 Å². The van der Waals surface area contributed by atoms with Crippen LogP contribution in [0.15, 0.2) is 30.5 Å². The Morgan fingerprint density at radius 3 is 2.43 bits per heavy atom. The Hall–Kier alpha value is -2.55.